The highest BCUT2D eigenvalue weighted by atomic mass is 16.5. The second-order valence-electron chi connectivity index (χ2n) is 6.87. The van der Waals surface area contributed by atoms with Gasteiger partial charge in [-0.05, 0) is 49.6 Å². The number of nitrogens with zero attached hydrogens (tertiary/aromatic N) is 1. The molecule has 0 saturated heterocycles. The molecule has 2 aromatic rings. The summed E-state index contributed by atoms with van der Waals surface area (Å²) in [6, 6.07) is 12.2. The number of anilines is 1. The summed E-state index contributed by atoms with van der Waals surface area (Å²) in [5, 5.41) is 2.72. The molecular weight excluding hydrogens is 372 g/mol. The van der Waals surface area contributed by atoms with Gasteiger partial charge in [0.15, 0.2) is 6.61 Å². The Balaban J connectivity index is 1.42. The van der Waals surface area contributed by atoms with Gasteiger partial charge in [0, 0.05) is 18.7 Å². The van der Waals surface area contributed by atoms with Crippen molar-refractivity contribution in [3.8, 4) is 0 Å². The summed E-state index contributed by atoms with van der Waals surface area (Å²) in [5.41, 5.74) is 3.43. The third kappa shape index (κ3) is 4.51. The minimum Gasteiger partial charge on any atom is -0.456 e. The molecule has 0 aromatic heterocycles. The van der Waals surface area contributed by atoms with Crippen LogP contribution in [-0.2, 0) is 14.3 Å². The van der Waals surface area contributed by atoms with Gasteiger partial charge < -0.3 is 10.1 Å². The topological polar surface area (TPSA) is 92.8 Å². The number of imide groups is 1. The molecule has 1 aliphatic heterocycles. The van der Waals surface area contributed by atoms with Crippen LogP contribution in [0.3, 0.4) is 0 Å². The molecule has 0 spiro atoms. The fourth-order valence-corrected chi connectivity index (χ4v) is 3.11. The van der Waals surface area contributed by atoms with Gasteiger partial charge in [-0.1, -0.05) is 24.3 Å². The summed E-state index contributed by atoms with van der Waals surface area (Å²) >= 11 is 0. The molecule has 2 aromatic carbocycles. The third-order valence-corrected chi connectivity index (χ3v) is 4.88. The molecule has 0 saturated carbocycles. The van der Waals surface area contributed by atoms with Crippen LogP contribution < -0.4 is 5.32 Å². The number of hydrogen-bond donors (Lipinski definition) is 1. The summed E-state index contributed by atoms with van der Waals surface area (Å²) in [7, 11) is 0. The molecule has 1 aliphatic rings. The van der Waals surface area contributed by atoms with Crippen molar-refractivity contribution in [2.24, 2.45) is 0 Å². The molecule has 0 bridgehead atoms. The Morgan fingerprint density at radius 1 is 0.966 bits per heavy atom. The van der Waals surface area contributed by atoms with Gasteiger partial charge in [0.1, 0.15) is 0 Å². The smallest absolute Gasteiger partial charge is 0.306 e. The molecule has 7 heteroatoms. The van der Waals surface area contributed by atoms with E-state index in [1.165, 1.54) is 0 Å². The normalized spacial score (nSPS) is 12.7. The second-order valence-corrected chi connectivity index (χ2v) is 6.87. The van der Waals surface area contributed by atoms with E-state index in [1.807, 2.05) is 26.0 Å². The number of fused-ring (bicyclic) bond motifs is 1. The lowest BCUT2D eigenvalue weighted by molar-refractivity contribution is -0.147. The Morgan fingerprint density at radius 2 is 1.62 bits per heavy atom. The van der Waals surface area contributed by atoms with Crippen molar-refractivity contribution in [2.45, 2.75) is 26.7 Å². The number of aryl methyl sites for hydroxylation is 1. The first kappa shape index (κ1) is 20.3. The average Bonchev–Trinajstić information content (AvgIpc) is 2.95. The van der Waals surface area contributed by atoms with Crippen LogP contribution in [0.4, 0.5) is 5.69 Å². The number of carbonyl (C=O) groups is 4. The molecule has 150 valence electrons. The Bertz CT molecular complexity index is 948. The van der Waals surface area contributed by atoms with Crippen molar-refractivity contribution in [1.82, 2.24) is 4.90 Å². The summed E-state index contributed by atoms with van der Waals surface area (Å²) < 4.78 is 4.99. The van der Waals surface area contributed by atoms with Crippen LogP contribution in [0.1, 0.15) is 44.7 Å². The van der Waals surface area contributed by atoms with Gasteiger partial charge in [0.2, 0.25) is 0 Å². The molecule has 0 unspecified atom stereocenters. The quantitative estimate of drug-likeness (QED) is 0.576. The predicted octanol–water partition coefficient (Wildman–Crippen LogP) is 2.86. The van der Waals surface area contributed by atoms with E-state index in [-0.39, 0.29) is 37.8 Å². The summed E-state index contributed by atoms with van der Waals surface area (Å²) in [6.07, 6.45) is 0.271. The van der Waals surface area contributed by atoms with E-state index in [0.717, 1.165) is 16.0 Å². The van der Waals surface area contributed by atoms with Crippen molar-refractivity contribution >= 4 is 29.4 Å². The van der Waals surface area contributed by atoms with Crippen molar-refractivity contribution in [2.75, 3.05) is 18.5 Å². The Kier molecular flexibility index (Phi) is 6.07. The Hall–Kier alpha value is -3.48. The van der Waals surface area contributed by atoms with E-state index in [4.69, 9.17) is 4.74 Å². The monoisotopic (exact) mass is 394 g/mol. The standard InChI is InChI=1S/C22H22N2O5/c1-14-7-5-10-18(15(14)2)23-19(25)13-29-20(26)11-6-12-24-21(27)16-8-3-4-9-17(16)22(24)28/h3-5,7-10H,6,11-13H2,1-2H3,(H,23,25). The van der Waals surface area contributed by atoms with E-state index in [1.54, 1.807) is 30.3 Å². The molecular formula is C22H22N2O5. The molecule has 29 heavy (non-hydrogen) atoms. The molecule has 7 nitrogen and oxygen atoms in total. The predicted molar refractivity (Wildman–Crippen MR) is 107 cm³/mol. The number of ether oxygens (including phenoxy) is 1. The number of esters is 1. The first-order valence-corrected chi connectivity index (χ1v) is 9.35. The van der Waals surface area contributed by atoms with E-state index in [9.17, 15) is 19.2 Å². The van der Waals surface area contributed by atoms with Crippen molar-refractivity contribution in [1.29, 1.82) is 0 Å². The number of nitrogens with one attached hydrogen (secondary N) is 1. The first-order valence-electron chi connectivity index (χ1n) is 9.35. The van der Waals surface area contributed by atoms with Crippen molar-refractivity contribution in [3.63, 3.8) is 0 Å². The lowest BCUT2D eigenvalue weighted by atomic mass is 10.1. The van der Waals surface area contributed by atoms with Gasteiger partial charge in [-0.2, -0.15) is 0 Å². The third-order valence-electron chi connectivity index (χ3n) is 4.88. The second kappa shape index (κ2) is 8.68. The summed E-state index contributed by atoms with van der Waals surface area (Å²) in [4.78, 5) is 49.5. The summed E-state index contributed by atoms with van der Waals surface area (Å²) in [6.45, 7) is 3.57. The molecule has 0 atom stereocenters. The number of carbonyl (C=O) groups excluding carboxylic acids is 4. The highest BCUT2D eigenvalue weighted by Crippen LogP contribution is 2.22. The van der Waals surface area contributed by atoms with Gasteiger partial charge in [-0.3, -0.25) is 24.1 Å². The number of benzene rings is 2. The maximum absolute atomic E-state index is 12.3. The zero-order chi connectivity index (χ0) is 21.0. The molecule has 0 aliphatic carbocycles. The van der Waals surface area contributed by atoms with Crippen LogP contribution in [0.25, 0.3) is 0 Å². The highest BCUT2D eigenvalue weighted by molar-refractivity contribution is 6.21. The number of amides is 3. The van der Waals surface area contributed by atoms with Crippen LogP contribution >= 0.6 is 0 Å². The molecule has 0 radical (unpaired) electrons. The zero-order valence-electron chi connectivity index (χ0n) is 16.4. The largest absolute Gasteiger partial charge is 0.456 e. The minimum atomic E-state index is -0.558. The van der Waals surface area contributed by atoms with Crippen LogP contribution in [0.15, 0.2) is 42.5 Å². The number of hydrogen-bond acceptors (Lipinski definition) is 5. The van der Waals surface area contributed by atoms with E-state index in [2.05, 4.69) is 5.32 Å². The van der Waals surface area contributed by atoms with Crippen LogP contribution in [0, 0.1) is 13.8 Å². The average molecular weight is 394 g/mol. The van der Waals surface area contributed by atoms with Gasteiger partial charge >= 0.3 is 5.97 Å². The van der Waals surface area contributed by atoms with Crippen LogP contribution in [0.5, 0.6) is 0 Å². The first-order chi connectivity index (χ1) is 13.9. The SMILES string of the molecule is Cc1cccc(NC(=O)COC(=O)CCCN2C(=O)c3ccccc3C2=O)c1C. The molecule has 3 rings (SSSR count). The number of rotatable bonds is 7. The maximum Gasteiger partial charge on any atom is 0.306 e. The van der Waals surface area contributed by atoms with Gasteiger partial charge in [-0.25, -0.2) is 0 Å². The molecule has 0 fully saturated rings. The maximum atomic E-state index is 12.3. The van der Waals surface area contributed by atoms with E-state index in [0.29, 0.717) is 16.8 Å². The molecule has 1 heterocycles. The zero-order valence-corrected chi connectivity index (χ0v) is 16.4. The lowest BCUT2D eigenvalue weighted by Gasteiger charge is -2.13. The molecule has 3 amide bonds. The Labute approximate surface area is 168 Å². The summed E-state index contributed by atoms with van der Waals surface area (Å²) in [5.74, 6) is -1.69. The van der Waals surface area contributed by atoms with Crippen molar-refractivity contribution < 1.29 is 23.9 Å². The fraction of sp³-hybridized carbons (Fsp3) is 0.273. The fourth-order valence-electron chi connectivity index (χ4n) is 3.11. The van der Waals surface area contributed by atoms with Crippen LogP contribution in [0.2, 0.25) is 0 Å². The van der Waals surface area contributed by atoms with Crippen LogP contribution in [-0.4, -0.2) is 41.7 Å². The van der Waals surface area contributed by atoms with Gasteiger partial charge in [0.05, 0.1) is 11.1 Å². The molecule has 1 N–H and O–H groups in total. The van der Waals surface area contributed by atoms with Crippen molar-refractivity contribution in [3.05, 3.63) is 64.7 Å². The minimum absolute atomic E-state index is 0.00413. The van der Waals surface area contributed by atoms with E-state index < -0.39 is 11.9 Å². The van der Waals surface area contributed by atoms with Gasteiger partial charge in [0.25, 0.3) is 17.7 Å². The van der Waals surface area contributed by atoms with Gasteiger partial charge in [-0.15, -0.1) is 0 Å². The highest BCUT2D eigenvalue weighted by Gasteiger charge is 2.34. The lowest BCUT2D eigenvalue weighted by Crippen LogP contribution is -2.31. The van der Waals surface area contributed by atoms with E-state index >= 15 is 0 Å². The Morgan fingerprint density at radius 3 is 2.28 bits per heavy atom.